The highest BCUT2D eigenvalue weighted by Crippen LogP contribution is 2.21. The van der Waals surface area contributed by atoms with Gasteiger partial charge < -0.3 is 5.32 Å². The van der Waals surface area contributed by atoms with E-state index >= 15 is 0 Å². The third kappa shape index (κ3) is 4.53. The number of carbonyl (C=O) groups is 1. The molecule has 0 bridgehead atoms. The Morgan fingerprint density at radius 2 is 2.08 bits per heavy atom. The molecule has 7 heteroatoms. The van der Waals surface area contributed by atoms with Gasteiger partial charge in [-0.05, 0) is 23.4 Å². The van der Waals surface area contributed by atoms with E-state index in [9.17, 15) is 9.59 Å². The Bertz CT molecular complexity index is 935. The lowest BCUT2D eigenvalue weighted by atomic mass is 10.2. The molecule has 1 N–H and O–H groups in total. The summed E-state index contributed by atoms with van der Waals surface area (Å²) in [6, 6.07) is 11.7. The molecule has 0 aliphatic rings. The number of nitrogens with zero attached hydrogens (tertiary/aromatic N) is 2. The predicted octanol–water partition coefficient (Wildman–Crippen LogP) is 3.51. The fraction of sp³-hybridized carbons (Fsp3) is 0.316. The van der Waals surface area contributed by atoms with Crippen molar-refractivity contribution in [3.05, 3.63) is 57.7 Å². The van der Waals surface area contributed by atoms with Gasteiger partial charge in [-0.25, -0.2) is 4.98 Å². The molecule has 0 fully saturated rings. The zero-order valence-corrected chi connectivity index (χ0v) is 16.2. The Morgan fingerprint density at radius 3 is 2.85 bits per heavy atom. The van der Waals surface area contributed by atoms with E-state index in [2.05, 4.69) is 17.2 Å². The van der Waals surface area contributed by atoms with Crippen molar-refractivity contribution in [1.82, 2.24) is 14.9 Å². The molecule has 3 aromatic rings. The van der Waals surface area contributed by atoms with E-state index in [0.717, 1.165) is 18.4 Å². The molecular formula is C19H21N3O2S2. The molecule has 0 aliphatic carbocycles. The lowest BCUT2D eigenvalue weighted by Gasteiger charge is -2.12. The minimum Gasteiger partial charge on any atom is -0.355 e. The van der Waals surface area contributed by atoms with Gasteiger partial charge in [0.15, 0.2) is 5.16 Å². The van der Waals surface area contributed by atoms with Crippen molar-refractivity contribution in [2.45, 2.75) is 31.5 Å². The van der Waals surface area contributed by atoms with Gasteiger partial charge in [-0.15, -0.1) is 11.3 Å². The molecule has 0 saturated carbocycles. The third-order valence-electron chi connectivity index (χ3n) is 3.90. The average Bonchev–Trinajstić information content (AvgIpc) is 3.12. The Balaban J connectivity index is 1.84. The van der Waals surface area contributed by atoms with Gasteiger partial charge in [0, 0.05) is 6.54 Å². The third-order valence-corrected chi connectivity index (χ3v) is 5.77. The Labute approximate surface area is 160 Å². The standard InChI is InChI=1S/C19H21N3O2S2/c1-2-3-10-20-16(23)13-26-19-21-15-9-11-25-17(15)18(24)22(19)12-14-7-5-4-6-8-14/h4-9,11H,2-3,10,12-13H2,1H3,(H,20,23). The number of rotatable bonds is 8. The maximum Gasteiger partial charge on any atom is 0.272 e. The van der Waals surface area contributed by atoms with Crippen LogP contribution < -0.4 is 10.9 Å². The van der Waals surface area contributed by atoms with E-state index < -0.39 is 0 Å². The van der Waals surface area contributed by atoms with E-state index in [1.54, 1.807) is 4.57 Å². The summed E-state index contributed by atoms with van der Waals surface area (Å²) in [4.78, 5) is 29.5. The zero-order chi connectivity index (χ0) is 18.4. The van der Waals surface area contributed by atoms with Gasteiger partial charge in [0.25, 0.3) is 5.56 Å². The first kappa shape index (κ1) is 18.7. The zero-order valence-electron chi connectivity index (χ0n) is 14.6. The van der Waals surface area contributed by atoms with Crippen LogP contribution in [0.15, 0.2) is 51.7 Å². The first-order valence-corrected chi connectivity index (χ1v) is 10.5. The van der Waals surface area contributed by atoms with E-state index in [4.69, 9.17) is 0 Å². The Kier molecular flexibility index (Phi) is 6.46. The largest absolute Gasteiger partial charge is 0.355 e. The molecule has 0 unspecified atom stereocenters. The van der Waals surface area contributed by atoms with Crippen molar-refractivity contribution in [2.24, 2.45) is 0 Å². The molecule has 5 nitrogen and oxygen atoms in total. The summed E-state index contributed by atoms with van der Waals surface area (Å²) in [5.41, 5.74) is 1.67. The molecule has 0 spiro atoms. The molecule has 0 radical (unpaired) electrons. The number of unbranched alkanes of at least 4 members (excludes halogenated alkanes) is 1. The number of nitrogens with one attached hydrogen (secondary N) is 1. The number of hydrogen-bond acceptors (Lipinski definition) is 5. The van der Waals surface area contributed by atoms with Crippen molar-refractivity contribution in [3.63, 3.8) is 0 Å². The second-order valence-corrected chi connectivity index (χ2v) is 7.76. The lowest BCUT2D eigenvalue weighted by molar-refractivity contribution is -0.118. The monoisotopic (exact) mass is 387 g/mol. The number of thiophene rings is 1. The molecule has 1 amide bonds. The van der Waals surface area contributed by atoms with Crippen LogP contribution in [0.4, 0.5) is 0 Å². The van der Waals surface area contributed by atoms with Gasteiger partial charge in [-0.3, -0.25) is 14.2 Å². The van der Waals surface area contributed by atoms with E-state index in [1.807, 2.05) is 41.8 Å². The summed E-state index contributed by atoms with van der Waals surface area (Å²) in [7, 11) is 0. The number of carbonyl (C=O) groups excluding carboxylic acids is 1. The molecule has 26 heavy (non-hydrogen) atoms. The molecular weight excluding hydrogens is 366 g/mol. The highest BCUT2D eigenvalue weighted by Gasteiger charge is 2.14. The van der Waals surface area contributed by atoms with E-state index in [0.29, 0.717) is 28.5 Å². The van der Waals surface area contributed by atoms with Crippen LogP contribution in [0.3, 0.4) is 0 Å². The number of fused-ring (bicyclic) bond motifs is 1. The van der Waals surface area contributed by atoms with Crippen LogP contribution in [0.2, 0.25) is 0 Å². The minimum atomic E-state index is -0.0530. The summed E-state index contributed by atoms with van der Waals surface area (Å²) >= 11 is 2.71. The lowest BCUT2D eigenvalue weighted by Crippen LogP contribution is -2.27. The number of hydrogen-bond donors (Lipinski definition) is 1. The molecule has 0 saturated heterocycles. The van der Waals surface area contributed by atoms with Crippen LogP contribution in [0.1, 0.15) is 25.3 Å². The van der Waals surface area contributed by atoms with Crippen molar-refractivity contribution in [3.8, 4) is 0 Å². The molecule has 2 heterocycles. The fourth-order valence-corrected chi connectivity index (χ4v) is 4.13. The predicted molar refractivity (Wildman–Crippen MR) is 108 cm³/mol. The van der Waals surface area contributed by atoms with Gasteiger partial charge >= 0.3 is 0 Å². The van der Waals surface area contributed by atoms with E-state index in [1.165, 1.54) is 23.1 Å². The van der Waals surface area contributed by atoms with Crippen LogP contribution in [0.25, 0.3) is 10.2 Å². The Hall–Kier alpha value is -2.12. The second kappa shape index (κ2) is 9.00. The number of aromatic nitrogens is 2. The van der Waals surface area contributed by atoms with Crippen LogP contribution in [0.5, 0.6) is 0 Å². The maximum absolute atomic E-state index is 12.9. The van der Waals surface area contributed by atoms with Crippen LogP contribution >= 0.6 is 23.1 Å². The van der Waals surface area contributed by atoms with Crippen molar-refractivity contribution < 1.29 is 4.79 Å². The molecule has 0 aliphatic heterocycles. The Morgan fingerprint density at radius 1 is 1.27 bits per heavy atom. The highest BCUT2D eigenvalue weighted by atomic mass is 32.2. The van der Waals surface area contributed by atoms with E-state index in [-0.39, 0.29) is 17.2 Å². The summed E-state index contributed by atoms with van der Waals surface area (Å²) in [6.07, 6.45) is 2.01. The van der Waals surface area contributed by atoms with Crippen molar-refractivity contribution in [1.29, 1.82) is 0 Å². The molecule has 0 atom stereocenters. The summed E-state index contributed by atoms with van der Waals surface area (Å²) < 4.78 is 2.32. The summed E-state index contributed by atoms with van der Waals surface area (Å²) in [5, 5.41) is 5.35. The SMILES string of the molecule is CCCCNC(=O)CSc1nc2ccsc2c(=O)n1Cc1ccccc1. The first-order valence-electron chi connectivity index (χ1n) is 8.60. The smallest absolute Gasteiger partial charge is 0.272 e. The maximum atomic E-state index is 12.9. The van der Waals surface area contributed by atoms with Gasteiger partial charge in [0.2, 0.25) is 5.91 Å². The van der Waals surface area contributed by atoms with Gasteiger partial charge in [0.1, 0.15) is 4.70 Å². The van der Waals surface area contributed by atoms with Crippen LogP contribution in [-0.4, -0.2) is 27.8 Å². The second-order valence-electron chi connectivity index (χ2n) is 5.90. The van der Waals surface area contributed by atoms with Crippen LogP contribution in [-0.2, 0) is 11.3 Å². The van der Waals surface area contributed by atoms with Gasteiger partial charge in [0.05, 0.1) is 17.8 Å². The minimum absolute atomic E-state index is 0.0330. The number of thioether (sulfide) groups is 1. The first-order chi connectivity index (χ1) is 12.7. The van der Waals surface area contributed by atoms with Crippen molar-refractivity contribution >= 4 is 39.2 Å². The summed E-state index contributed by atoms with van der Waals surface area (Å²) in [5.74, 6) is 0.218. The van der Waals surface area contributed by atoms with Crippen molar-refractivity contribution in [2.75, 3.05) is 12.3 Å². The molecule has 136 valence electrons. The quantitative estimate of drug-likeness (QED) is 0.365. The number of amides is 1. The fourth-order valence-electron chi connectivity index (χ4n) is 2.52. The topological polar surface area (TPSA) is 64.0 Å². The molecule has 2 aromatic heterocycles. The summed E-state index contributed by atoms with van der Waals surface area (Å²) in [6.45, 7) is 3.22. The van der Waals surface area contributed by atoms with Gasteiger partial charge in [-0.1, -0.05) is 55.4 Å². The molecule has 3 rings (SSSR count). The highest BCUT2D eigenvalue weighted by molar-refractivity contribution is 7.99. The van der Waals surface area contributed by atoms with Gasteiger partial charge in [-0.2, -0.15) is 0 Å². The average molecular weight is 388 g/mol. The molecule has 1 aromatic carbocycles. The normalized spacial score (nSPS) is 11.0. The van der Waals surface area contributed by atoms with Crippen LogP contribution in [0, 0.1) is 0 Å². The number of benzene rings is 1.